The first-order valence-corrected chi connectivity index (χ1v) is 6.81. The predicted octanol–water partition coefficient (Wildman–Crippen LogP) is 2.20. The van der Waals surface area contributed by atoms with Crippen molar-refractivity contribution in [3.8, 4) is 0 Å². The number of anilines is 1. The lowest BCUT2D eigenvalue weighted by Gasteiger charge is -2.16. The standard InChI is InChI=1S/C12H16BrN3S/c1-16-5-4-9(7-16)15-11-3-2-8(12(14)17)6-10(11)13/h2-3,6,9,15H,4-5,7H2,1H3,(H2,14,17). The van der Waals surface area contributed by atoms with Crippen LogP contribution in [0.4, 0.5) is 5.69 Å². The van der Waals surface area contributed by atoms with Crippen LogP contribution in [0.3, 0.4) is 0 Å². The summed E-state index contributed by atoms with van der Waals surface area (Å²) in [6, 6.07) is 6.46. The normalized spacial score (nSPS) is 20.5. The molecule has 0 aliphatic carbocycles. The highest BCUT2D eigenvalue weighted by molar-refractivity contribution is 9.10. The number of nitrogens with one attached hydrogen (secondary N) is 1. The molecule has 0 amide bonds. The first kappa shape index (κ1) is 12.8. The molecule has 92 valence electrons. The highest BCUT2D eigenvalue weighted by Crippen LogP contribution is 2.25. The average molecular weight is 314 g/mol. The third kappa shape index (κ3) is 3.18. The molecule has 3 nitrogen and oxygen atoms in total. The van der Waals surface area contributed by atoms with E-state index < -0.39 is 0 Å². The van der Waals surface area contributed by atoms with Crippen molar-refractivity contribution < 1.29 is 0 Å². The van der Waals surface area contributed by atoms with Gasteiger partial charge in [-0.05, 0) is 54.1 Å². The van der Waals surface area contributed by atoms with Crippen LogP contribution in [0.2, 0.25) is 0 Å². The van der Waals surface area contributed by atoms with Gasteiger partial charge >= 0.3 is 0 Å². The molecule has 2 rings (SSSR count). The Labute approximate surface area is 115 Å². The largest absolute Gasteiger partial charge is 0.389 e. The van der Waals surface area contributed by atoms with E-state index in [2.05, 4.69) is 33.2 Å². The minimum atomic E-state index is 0.429. The molecule has 0 spiro atoms. The number of halogens is 1. The van der Waals surface area contributed by atoms with Crippen LogP contribution in [-0.4, -0.2) is 36.1 Å². The first-order chi connectivity index (χ1) is 8.06. The quantitative estimate of drug-likeness (QED) is 0.839. The van der Waals surface area contributed by atoms with E-state index in [0.29, 0.717) is 11.0 Å². The SMILES string of the molecule is CN1CCC(Nc2ccc(C(N)=S)cc2Br)C1. The third-order valence-corrected chi connectivity index (χ3v) is 3.90. The minimum absolute atomic E-state index is 0.429. The van der Waals surface area contributed by atoms with Crippen LogP contribution < -0.4 is 11.1 Å². The van der Waals surface area contributed by atoms with Crippen LogP contribution in [0.5, 0.6) is 0 Å². The Morgan fingerprint density at radius 2 is 2.35 bits per heavy atom. The average Bonchev–Trinajstić information content (AvgIpc) is 2.67. The monoisotopic (exact) mass is 313 g/mol. The molecular weight excluding hydrogens is 298 g/mol. The summed E-state index contributed by atoms with van der Waals surface area (Å²) in [4.78, 5) is 2.76. The van der Waals surface area contributed by atoms with Crippen molar-refractivity contribution in [2.75, 3.05) is 25.5 Å². The van der Waals surface area contributed by atoms with Gasteiger partial charge in [-0.2, -0.15) is 0 Å². The smallest absolute Gasteiger partial charge is 0.104 e. The molecule has 1 saturated heterocycles. The number of likely N-dealkylation sites (tertiary alicyclic amines) is 1. The van der Waals surface area contributed by atoms with Gasteiger partial charge in [0, 0.05) is 28.3 Å². The second kappa shape index (κ2) is 5.33. The van der Waals surface area contributed by atoms with E-state index in [9.17, 15) is 0 Å². The summed E-state index contributed by atoms with van der Waals surface area (Å²) in [5.41, 5.74) is 7.59. The number of likely N-dealkylation sites (N-methyl/N-ethyl adjacent to an activating group) is 1. The maximum absolute atomic E-state index is 5.60. The van der Waals surface area contributed by atoms with Crippen molar-refractivity contribution in [1.82, 2.24) is 4.90 Å². The van der Waals surface area contributed by atoms with Gasteiger partial charge in [-0.1, -0.05) is 12.2 Å². The Morgan fingerprint density at radius 3 is 2.88 bits per heavy atom. The van der Waals surface area contributed by atoms with E-state index in [1.807, 2.05) is 18.2 Å². The number of hydrogen-bond donors (Lipinski definition) is 2. The Kier molecular flexibility index (Phi) is 4.01. The number of rotatable bonds is 3. The van der Waals surface area contributed by atoms with Gasteiger partial charge in [0.25, 0.3) is 0 Å². The molecule has 17 heavy (non-hydrogen) atoms. The predicted molar refractivity (Wildman–Crippen MR) is 79.6 cm³/mol. The van der Waals surface area contributed by atoms with Crippen LogP contribution in [0.25, 0.3) is 0 Å². The minimum Gasteiger partial charge on any atom is -0.389 e. The number of nitrogens with two attached hydrogens (primary N) is 1. The van der Waals surface area contributed by atoms with Crippen molar-refractivity contribution in [2.45, 2.75) is 12.5 Å². The van der Waals surface area contributed by atoms with Gasteiger partial charge in [0.2, 0.25) is 0 Å². The van der Waals surface area contributed by atoms with Gasteiger partial charge < -0.3 is 16.0 Å². The summed E-state index contributed by atoms with van der Waals surface area (Å²) in [6.07, 6.45) is 1.18. The molecule has 1 unspecified atom stereocenters. The topological polar surface area (TPSA) is 41.3 Å². The molecule has 0 bridgehead atoms. The van der Waals surface area contributed by atoms with Crippen molar-refractivity contribution in [3.05, 3.63) is 28.2 Å². The molecule has 1 atom stereocenters. The fraction of sp³-hybridized carbons (Fsp3) is 0.417. The lowest BCUT2D eigenvalue weighted by Crippen LogP contribution is -2.23. The molecule has 3 N–H and O–H groups in total. The number of benzene rings is 1. The first-order valence-electron chi connectivity index (χ1n) is 5.60. The number of hydrogen-bond acceptors (Lipinski definition) is 3. The van der Waals surface area contributed by atoms with Crippen molar-refractivity contribution in [3.63, 3.8) is 0 Å². The molecule has 1 aliphatic heterocycles. The van der Waals surface area contributed by atoms with Crippen LogP contribution in [0.15, 0.2) is 22.7 Å². The van der Waals surface area contributed by atoms with E-state index in [1.54, 1.807) is 0 Å². The van der Waals surface area contributed by atoms with Gasteiger partial charge in [0.1, 0.15) is 4.99 Å². The van der Waals surface area contributed by atoms with Crippen LogP contribution in [-0.2, 0) is 0 Å². The van der Waals surface area contributed by atoms with Crippen LogP contribution in [0.1, 0.15) is 12.0 Å². The molecule has 0 aromatic heterocycles. The summed E-state index contributed by atoms with van der Waals surface area (Å²) in [7, 11) is 2.15. The number of nitrogens with zero attached hydrogens (tertiary/aromatic N) is 1. The lowest BCUT2D eigenvalue weighted by molar-refractivity contribution is 0.414. The Balaban J connectivity index is 2.09. The van der Waals surface area contributed by atoms with Crippen molar-refractivity contribution >= 4 is 38.8 Å². The zero-order valence-electron chi connectivity index (χ0n) is 9.74. The molecular formula is C12H16BrN3S. The molecule has 0 saturated carbocycles. The zero-order valence-corrected chi connectivity index (χ0v) is 12.1. The van der Waals surface area contributed by atoms with Gasteiger partial charge in [-0.25, -0.2) is 0 Å². The third-order valence-electron chi connectivity index (χ3n) is 3.00. The molecule has 1 aromatic rings. The van der Waals surface area contributed by atoms with E-state index in [4.69, 9.17) is 18.0 Å². The molecule has 1 aromatic carbocycles. The Hall–Kier alpha value is -0.650. The molecule has 5 heteroatoms. The summed E-state index contributed by atoms with van der Waals surface area (Å²) in [5.74, 6) is 0. The highest BCUT2D eigenvalue weighted by Gasteiger charge is 2.19. The van der Waals surface area contributed by atoms with E-state index >= 15 is 0 Å². The molecule has 1 heterocycles. The number of thiocarbonyl (C=S) groups is 1. The van der Waals surface area contributed by atoms with Gasteiger partial charge in [-0.15, -0.1) is 0 Å². The second-order valence-electron chi connectivity index (χ2n) is 4.45. The fourth-order valence-electron chi connectivity index (χ4n) is 2.06. The van der Waals surface area contributed by atoms with Gasteiger partial charge in [0.05, 0.1) is 0 Å². The van der Waals surface area contributed by atoms with E-state index in [-0.39, 0.29) is 0 Å². The van der Waals surface area contributed by atoms with Gasteiger partial charge in [0.15, 0.2) is 0 Å². The highest BCUT2D eigenvalue weighted by atomic mass is 79.9. The molecule has 0 radical (unpaired) electrons. The Bertz CT molecular complexity index is 436. The van der Waals surface area contributed by atoms with Crippen LogP contribution in [0, 0.1) is 0 Å². The molecule has 1 aliphatic rings. The van der Waals surface area contributed by atoms with Crippen molar-refractivity contribution in [1.29, 1.82) is 0 Å². The molecule has 1 fully saturated rings. The Morgan fingerprint density at radius 1 is 1.59 bits per heavy atom. The summed E-state index contributed by atoms with van der Waals surface area (Å²) in [5, 5.41) is 3.53. The maximum atomic E-state index is 5.60. The summed E-state index contributed by atoms with van der Waals surface area (Å²) >= 11 is 8.50. The van der Waals surface area contributed by atoms with E-state index in [0.717, 1.165) is 28.8 Å². The fourth-order valence-corrected chi connectivity index (χ4v) is 2.68. The summed E-state index contributed by atoms with van der Waals surface area (Å²) in [6.45, 7) is 2.24. The zero-order chi connectivity index (χ0) is 12.4. The maximum Gasteiger partial charge on any atom is 0.104 e. The van der Waals surface area contributed by atoms with Gasteiger partial charge in [-0.3, -0.25) is 0 Å². The summed E-state index contributed by atoms with van der Waals surface area (Å²) < 4.78 is 1.01. The lowest BCUT2D eigenvalue weighted by atomic mass is 10.2. The van der Waals surface area contributed by atoms with Crippen LogP contribution >= 0.6 is 28.1 Å². The second-order valence-corrected chi connectivity index (χ2v) is 5.75. The van der Waals surface area contributed by atoms with Crippen molar-refractivity contribution in [2.24, 2.45) is 5.73 Å². The van der Waals surface area contributed by atoms with E-state index in [1.165, 1.54) is 6.42 Å².